The predicted octanol–water partition coefficient (Wildman–Crippen LogP) is 1.30. The molecule has 0 aromatic rings. The number of rotatable bonds is 8. The summed E-state index contributed by atoms with van der Waals surface area (Å²) in [7, 11) is 4.89. The molecule has 2 unspecified atom stereocenters. The van der Waals surface area contributed by atoms with Crippen LogP contribution in [-0.4, -0.2) is 50.4 Å². The highest BCUT2D eigenvalue weighted by Crippen LogP contribution is 2.22. The largest absolute Gasteiger partial charge is 0.468 e. The molecule has 0 aromatic carbocycles. The lowest BCUT2D eigenvalue weighted by molar-refractivity contribution is -0.147. The summed E-state index contributed by atoms with van der Waals surface area (Å²) in [5.74, 6) is 0.729. The number of hydrogen-bond acceptors (Lipinski definition) is 5. The molecule has 0 aromatic heterocycles. The Morgan fingerprint density at radius 1 is 1.50 bits per heavy atom. The summed E-state index contributed by atoms with van der Waals surface area (Å²) in [5.41, 5.74) is -0.603. The summed E-state index contributed by atoms with van der Waals surface area (Å²) in [6.07, 6.45) is 0.741. The van der Waals surface area contributed by atoms with Gasteiger partial charge in [0.05, 0.1) is 13.7 Å². The zero-order chi connectivity index (χ0) is 12.6. The number of nitrogens with one attached hydrogen (secondary N) is 1. The van der Waals surface area contributed by atoms with Crippen molar-refractivity contribution >= 4 is 17.7 Å². The van der Waals surface area contributed by atoms with Gasteiger partial charge in [-0.2, -0.15) is 11.8 Å². The maximum absolute atomic E-state index is 11.6. The number of carbonyl (C=O) groups is 1. The van der Waals surface area contributed by atoms with Gasteiger partial charge in [-0.25, -0.2) is 0 Å². The summed E-state index contributed by atoms with van der Waals surface area (Å²) in [5, 5.41) is 3.41. The van der Waals surface area contributed by atoms with Gasteiger partial charge in [0.2, 0.25) is 0 Å². The molecule has 0 spiro atoms. The summed E-state index contributed by atoms with van der Waals surface area (Å²) >= 11 is 1.80. The Hall–Kier alpha value is -0.260. The van der Waals surface area contributed by atoms with E-state index in [1.807, 2.05) is 6.92 Å². The van der Waals surface area contributed by atoms with Crippen molar-refractivity contribution in [3.8, 4) is 0 Å². The summed E-state index contributed by atoms with van der Waals surface area (Å²) in [6.45, 7) is 4.72. The molecule has 0 heterocycles. The van der Waals surface area contributed by atoms with Crippen LogP contribution >= 0.6 is 11.8 Å². The SMILES string of the molecule is CNC(C)(CC(C)SCCOC)C(=O)OC. The van der Waals surface area contributed by atoms with Gasteiger partial charge < -0.3 is 14.8 Å². The first-order valence-electron chi connectivity index (χ1n) is 5.38. The van der Waals surface area contributed by atoms with Crippen molar-refractivity contribution in [3.63, 3.8) is 0 Å². The fourth-order valence-electron chi connectivity index (χ4n) is 1.48. The average molecular weight is 249 g/mol. The first-order chi connectivity index (χ1) is 7.50. The predicted molar refractivity (Wildman–Crippen MR) is 67.9 cm³/mol. The van der Waals surface area contributed by atoms with Crippen molar-refractivity contribution in [1.82, 2.24) is 5.32 Å². The van der Waals surface area contributed by atoms with Gasteiger partial charge in [0, 0.05) is 18.1 Å². The molecule has 0 fully saturated rings. The molecule has 16 heavy (non-hydrogen) atoms. The second-order valence-electron chi connectivity index (χ2n) is 3.95. The van der Waals surface area contributed by atoms with Gasteiger partial charge in [0.1, 0.15) is 5.54 Å². The van der Waals surface area contributed by atoms with E-state index in [1.54, 1.807) is 25.9 Å². The number of hydrogen-bond donors (Lipinski definition) is 1. The van der Waals surface area contributed by atoms with E-state index in [0.717, 1.165) is 18.8 Å². The van der Waals surface area contributed by atoms with E-state index in [1.165, 1.54) is 7.11 Å². The Labute approximate surface area is 102 Å². The molecule has 0 saturated heterocycles. The number of carbonyl (C=O) groups excluding carboxylic acids is 1. The number of ether oxygens (including phenoxy) is 2. The van der Waals surface area contributed by atoms with Crippen molar-refractivity contribution in [2.45, 2.75) is 31.1 Å². The molecule has 1 N–H and O–H groups in total. The molecule has 5 heteroatoms. The van der Waals surface area contributed by atoms with Crippen molar-refractivity contribution in [1.29, 1.82) is 0 Å². The first kappa shape index (κ1) is 15.7. The lowest BCUT2D eigenvalue weighted by Gasteiger charge is -2.28. The topological polar surface area (TPSA) is 47.6 Å². The highest BCUT2D eigenvalue weighted by atomic mass is 32.2. The quantitative estimate of drug-likeness (QED) is 0.519. The third kappa shape index (κ3) is 5.18. The Morgan fingerprint density at radius 3 is 2.56 bits per heavy atom. The first-order valence-corrected chi connectivity index (χ1v) is 6.43. The van der Waals surface area contributed by atoms with Crippen molar-refractivity contribution in [2.75, 3.05) is 33.6 Å². The van der Waals surface area contributed by atoms with Crippen LogP contribution in [0.4, 0.5) is 0 Å². The molecule has 0 amide bonds. The zero-order valence-corrected chi connectivity index (χ0v) is 11.6. The normalized spacial score (nSPS) is 16.6. The van der Waals surface area contributed by atoms with E-state index in [4.69, 9.17) is 9.47 Å². The molecule has 4 nitrogen and oxygen atoms in total. The molecule has 0 aliphatic heterocycles. The van der Waals surface area contributed by atoms with Crippen LogP contribution in [0.2, 0.25) is 0 Å². The number of methoxy groups -OCH3 is 2. The minimum atomic E-state index is -0.603. The molecule has 0 rings (SSSR count). The minimum Gasteiger partial charge on any atom is -0.468 e. The van der Waals surface area contributed by atoms with Crippen LogP contribution in [0.3, 0.4) is 0 Å². The summed E-state index contributed by atoms with van der Waals surface area (Å²) in [4.78, 5) is 11.6. The van der Waals surface area contributed by atoms with Crippen LogP contribution in [0.1, 0.15) is 20.3 Å². The smallest absolute Gasteiger partial charge is 0.325 e. The molecule has 0 radical (unpaired) electrons. The molecule has 0 saturated carbocycles. The molecular weight excluding hydrogens is 226 g/mol. The Balaban J connectivity index is 4.14. The Kier molecular flexibility index (Phi) is 7.80. The third-order valence-corrected chi connectivity index (χ3v) is 3.71. The summed E-state index contributed by atoms with van der Waals surface area (Å²) < 4.78 is 9.79. The Morgan fingerprint density at radius 2 is 2.12 bits per heavy atom. The van der Waals surface area contributed by atoms with Crippen molar-refractivity contribution < 1.29 is 14.3 Å². The molecule has 0 bridgehead atoms. The highest BCUT2D eigenvalue weighted by molar-refractivity contribution is 7.99. The van der Waals surface area contributed by atoms with Gasteiger partial charge in [-0.15, -0.1) is 0 Å². The fourth-order valence-corrected chi connectivity index (χ4v) is 2.60. The fraction of sp³-hybridized carbons (Fsp3) is 0.909. The molecular formula is C11H23NO3S. The van der Waals surface area contributed by atoms with E-state index in [0.29, 0.717) is 5.25 Å². The zero-order valence-electron chi connectivity index (χ0n) is 10.8. The van der Waals surface area contributed by atoms with E-state index in [-0.39, 0.29) is 5.97 Å². The van der Waals surface area contributed by atoms with E-state index < -0.39 is 5.54 Å². The molecule has 0 aliphatic rings. The van der Waals surface area contributed by atoms with Crippen molar-refractivity contribution in [2.24, 2.45) is 0 Å². The lowest BCUT2D eigenvalue weighted by Crippen LogP contribution is -2.49. The van der Waals surface area contributed by atoms with E-state index >= 15 is 0 Å². The van der Waals surface area contributed by atoms with Crippen molar-refractivity contribution in [3.05, 3.63) is 0 Å². The van der Waals surface area contributed by atoms with Gasteiger partial charge in [-0.1, -0.05) is 6.92 Å². The number of esters is 1. The second kappa shape index (κ2) is 7.92. The second-order valence-corrected chi connectivity index (χ2v) is 5.50. The average Bonchev–Trinajstić information content (AvgIpc) is 2.28. The summed E-state index contributed by atoms with van der Waals surface area (Å²) in [6, 6.07) is 0. The standard InChI is InChI=1S/C11H23NO3S/c1-9(16-7-6-14-4)8-11(2,12-3)10(13)15-5/h9,12H,6-8H2,1-5H3. The van der Waals surface area contributed by atoms with Gasteiger partial charge in [0.15, 0.2) is 0 Å². The maximum Gasteiger partial charge on any atom is 0.325 e. The number of thioether (sulfide) groups is 1. The monoisotopic (exact) mass is 249 g/mol. The van der Waals surface area contributed by atoms with Crippen LogP contribution in [-0.2, 0) is 14.3 Å². The molecule has 2 atom stereocenters. The van der Waals surface area contributed by atoms with Gasteiger partial charge in [-0.05, 0) is 20.4 Å². The van der Waals surface area contributed by atoms with Crippen LogP contribution in [0.15, 0.2) is 0 Å². The lowest BCUT2D eigenvalue weighted by atomic mass is 9.96. The van der Waals surface area contributed by atoms with E-state index in [2.05, 4.69) is 12.2 Å². The molecule has 0 aliphatic carbocycles. The van der Waals surface area contributed by atoms with Crippen LogP contribution in [0.25, 0.3) is 0 Å². The number of likely N-dealkylation sites (N-methyl/N-ethyl adjacent to an activating group) is 1. The third-order valence-electron chi connectivity index (χ3n) is 2.57. The molecule has 96 valence electrons. The minimum absolute atomic E-state index is 0.214. The van der Waals surface area contributed by atoms with E-state index in [9.17, 15) is 4.79 Å². The van der Waals surface area contributed by atoms with Gasteiger partial charge in [0.25, 0.3) is 0 Å². The van der Waals surface area contributed by atoms with Crippen LogP contribution < -0.4 is 5.32 Å². The maximum atomic E-state index is 11.6. The van der Waals surface area contributed by atoms with Crippen LogP contribution in [0.5, 0.6) is 0 Å². The Bertz CT molecular complexity index is 213. The highest BCUT2D eigenvalue weighted by Gasteiger charge is 2.34. The van der Waals surface area contributed by atoms with Crippen LogP contribution in [0, 0.1) is 0 Å². The van der Waals surface area contributed by atoms with Gasteiger partial charge >= 0.3 is 5.97 Å². The van der Waals surface area contributed by atoms with Gasteiger partial charge in [-0.3, -0.25) is 4.79 Å².